The summed E-state index contributed by atoms with van der Waals surface area (Å²) in [5, 5.41) is 0. The fourth-order valence-electron chi connectivity index (χ4n) is 1.18. The molecule has 0 unspecified atom stereocenters. The number of nitrogens with zero attached hydrogens (tertiary/aromatic N) is 1. The van der Waals surface area contributed by atoms with Gasteiger partial charge in [-0.05, 0) is 12.5 Å². The van der Waals surface area contributed by atoms with Crippen LogP contribution in [0.1, 0.15) is 12.5 Å². The molecule has 0 fully saturated rings. The number of aliphatic imine (C=N–C) groups is 1. The Morgan fingerprint density at radius 1 is 1.38 bits per heavy atom. The minimum atomic E-state index is 0.724. The van der Waals surface area contributed by atoms with Gasteiger partial charge >= 0.3 is 0 Å². The lowest BCUT2D eigenvalue weighted by Crippen LogP contribution is -1.97. The average molecular weight is 215 g/mol. The van der Waals surface area contributed by atoms with Crippen LogP contribution in [0, 0.1) is 0 Å². The second-order valence-electron chi connectivity index (χ2n) is 3.43. The van der Waals surface area contributed by atoms with Crippen LogP contribution in [0.3, 0.4) is 0 Å². The van der Waals surface area contributed by atoms with Crippen molar-refractivity contribution in [1.82, 2.24) is 0 Å². The Morgan fingerprint density at radius 2 is 2.06 bits per heavy atom. The van der Waals surface area contributed by atoms with Crippen molar-refractivity contribution in [2.45, 2.75) is 6.92 Å². The highest BCUT2D eigenvalue weighted by atomic mass is 16.5. The van der Waals surface area contributed by atoms with Crippen LogP contribution < -0.4 is 0 Å². The smallest absolute Gasteiger partial charge is 0.211 e. The molecule has 2 rings (SSSR count). The van der Waals surface area contributed by atoms with Crippen LogP contribution in [-0.4, -0.2) is 19.0 Å². The maximum atomic E-state index is 5.06. The lowest BCUT2D eigenvalue weighted by Gasteiger charge is -1.95. The highest BCUT2D eigenvalue weighted by molar-refractivity contribution is 5.93. The normalized spacial score (nSPS) is 12.9. The molecule has 0 N–H and O–H groups in total. The van der Waals surface area contributed by atoms with Gasteiger partial charge in [0.1, 0.15) is 6.61 Å². The lowest BCUT2D eigenvalue weighted by molar-refractivity contribution is 0.347. The van der Waals surface area contributed by atoms with Crippen molar-refractivity contribution in [2.75, 3.05) is 13.2 Å². The zero-order valence-corrected chi connectivity index (χ0v) is 9.65. The quantitative estimate of drug-likeness (QED) is 0.741. The van der Waals surface area contributed by atoms with Crippen molar-refractivity contribution in [3.63, 3.8) is 0 Å². The van der Waals surface area contributed by atoms with Gasteiger partial charge in [0, 0.05) is 5.57 Å². The molecule has 0 radical (unpaired) electrons. The molecule has 0 saturated heterocycles. The first-order valence-corrected chi connectivity index (χ1v) is 5.24. The molecule has 0 spiro atoms. The van der Waals surface area contributed by atoms with E-state index in [-0.39, 0.29) is 0 Å². The van der Waals surface area contributed by atoms with Crippen LogP contribution in [0.5, 0.6) is 0 Å². The predicted molar refractivity (Wildman–Crippen MR) is 69.6 cm³/mol. The molecule has 0 atom stereocenters. The van der Waals surface area contributed by atoms with E-state index >= 15 is 0 Å². The van der Waals surface area contributed by atoms with E-state index in [9.17, 15) is 0 Å². The third kappa shape index (κ3) is 4.13. The molecule has 1 aliphatic rings. The van der Waals surface area contributed by atoms with E-state index in [1.54, 1.807) is 0 Å². The second-order valence-corrected chi connectivity index (χ2v) is 3.43. The average Bonchev–Trinajstić information content (AvgIpc) is 2.85. The third-order valence-corrected chi connectivity index (χ3v) is 1.99. The summed E-state index contributed by atoms with van der Waals surface area (Å²) in [4.78, 5) is 4.03. The van der Waals surface area contributed by atoms with Crippen LogP contribution in [-0.2, 0) is 4.74 Å². The van der Waals surface area contributed by atoms with E-state index < -0.39 is 0 Å². The summed E-state index contributed by atoms with van der Waals surface area (Å²) >= 11 is 0. The van der Waals surface area contributed by atoms with Crippen molar-refractivity contribution < 1.29 is 4.74 Å². The number of ether oxygens (including phenoxy) is 1. The molecule has 0 saturated carbocycles. The third-order valence-electron chi connectivity index (χ3n) is 1.99. The summed E-state index contributed by atoms with van der Waals surface area (Å²) in [6, 6.07) is 10.0. The standard InChI is InChI=1S/C8H8.C6H9NO/c1-2-8-6-4-3-5-7-8;1-5(2)6-7-3-4-8-6/h2-7H,1H2;1,3-4H2,2H3. The Balaban J connectivity index is 0.000000160. The van der Waals surface area contributed by atoms with Crippen LogP contribution in [0.25, 0.3) is 6.08 Å². The summed E-state index contributed by atoms with van der Waals surface area (Å²) in [5.41, 5.74) is 2.09. The van der Waals surface area contributed by atoms with Crippen LogP contribution in [0.2, 0.25) is 0 Å². The predicted octanol–water partition coefficient (Wildman–Crippen LogP) is 3.32. The Bertz CT molecular complexity index is 379. The van der Waals surface area contributed by atoms with Crippen LogP contribution in [0.4, 0.5) is 0 Å². The molecule has 2 nitrogen and oxygen atoms in total. The molecule has 0 aromatic heterocycles. The van der Waals surface area contributed by atoms with Gasteiger partial charge in [-0.25, -0.2) is 4.99 Å². The van der Waals surface area contributed by atoms with Crippen molar-refractivity contribution in [2.24, 2.45) is 4.99 Å². The molecule has 1 aromatic rings. The Kier molecular flexibility index (Phi) is 5.06. The van der Waals surface area contributed by atoms with Gasteiger partial charge in [-0.15, -0.1) is 0 Å². The molecule has 2 heteroatoms. The van der Waals surface area contributed by atoms with Gasteiger partial charge in [0.25, 0.3) is 0 Å². The first-order valence-electron chi connectivity index (χ1n) is 5.24. The number of hydrogen-bond donors (Lipinski definition) is 0. The van der Waals surface area contributed by atoms with E-state index in [4.69, 9.17) is 4.74 Å². The maximum absolute atomic E-state index is 5.06. The topological polar surface area (TPSA) is 21.6 Å². The monoisotopic (exact) mass is 215 g/mol. The SMILES string of the molecule is C=C(C)C1=NCCO1.C=Cc1ccccc1. The Hall–Kier alpha value is -1.83. The van der Waals surface area contributed by atoms with Crippen molar-refractivity contribution >= 4 is 12.0 Å². The van der Waals surface area contributed by atoms with Gasteiger partial charge in [-0.1, -0.05) is 49.6 Å². The van der Waals surface area contributed by atoms with E-state index in [1.807, 2.05) is 43.3 Å². The van der Waals surface area contributed by atoms with Gasteiger partial charge < -0.3 is 4.74 Å². The highest BCUT2D eigenvalue weighted by Gasteiger charge is 2.05. The van der Waals surface area contributed by atoms with Crippen molar-refractivity contribution in [3.05, 3.63) is 54.6 Å². The maximum Gasteiger partial charge on any atom is 0.211 e. The molecule has 0 aliphatic carbocycles. The molecule has 1 heterocycles. The number of rotatable bonds is 2. The summed E-state index contributed by atoms with van der Waals surface area (Å²) in [7, 11) is 0. The molecular weight excluding hydrogens is 198 g/mol. The van der Waals surface area contributed by atoms with Gasteiger partial charge in [0.05, 0.1) is 6.54 Å². The molecule has 0 amide bonds. The Morgan fingerprint density at radius 3 is 2.38 bits per heavy atom. The summed E-state index contributed by atoms with van der Waals surface area (Å²) in [6.07, 6.45) is 1.83. The van der Waals surface area contributed by atoms with Crippen molar-refractivity contribution in [1.29, 1.82) is 0 Å². The van der Waals surface area contributed by atoms with Gasteiger partial charge in [-0.3, -0.25) is 0 Å². The summed E-state index contributed by atoms with van der Waals surface area (Å²) in [5.74, 6) is 0.727. The molecule has 16 heavy (non-hydrogen) atoms. The van der Waals surface area contributed by atoms with E-state index in [0.29, 0.717) is 0 Å². The first-order chi connectivity index (χ1) is 7.74. The number of hydrogen-bond acceptors (Lipinski definition) is 2. The lowest BCUT2D eigenvalue weighted by atomic mass is 10.2. The minimum Gasteiger partial charge on any atom is -0.476 e. The van der Waals surface area contributed by atoms with Crippen molar-refractivity contribution in [3.8, 4) is 0 Å². The first kappa shape index (κ1) is 12.2. The molecule has 84 valence electrons. The fourth-order valence-corrected chi connectivity index (χ4v) is 1.18. The van der Waals surface area contributed by atoms with Gasteiger partial charge in [-0.2, -0.15) is 0 Å². The summed E-state index contributed by atoms with van der Waals surface area (Å²) in [6.45, 7) is 10.7. The molecular formula is C14H17NO. The van der Waals surface area contributed by atoms with Crippen LogP contribution >= 0.6 is 0 Å². The van der Waals surface area contributed by atoms with Crippen LogP contribution in [0.15, 0.2) is 54.1 Å². The second kappa shape index (κ2) is 6.62. The van der Waals surface area contributed by atoms with E-state index in [2.05, 4.69) is 18.2 Å². The molecule has 1 aliphatic heterocycles. The summed E-state index contributed by atoms with van der Waals surface area (Å²) < 4.78 is 5.06. The number of benzene rings is 1. The van der Waals surface area contributed by atoms with Gasteiger partial charge in [0.15, 0.2) is 0 Å². The molecule has 1 aromatic carbocycles. The zero-order chi connectivity index (χ0) is 11.8. The minimum absolute atomic E-state index is 0.724. The van der Waals surface area contributed by atoms with E-state index in [0.717, 1.165) is 24.6 Å². The Labute approximate surface area is 97.0 Å². The fraction of sp³-hybridized carbons (Fsp3) is 0.214. The van der Waals surface area contributed by atoms with E-state index in [1.165, 1.54) is 5.56 Å². The highest BCUT2D eigenvalue weighted by Crippen LogP contribution is 2.01. The largest absolute Gasteiger partial charge is 0.476 e. The van der Waals surface area contributed by atoms with Gasteiger partial charge in [0.2, 0.25) is 5.90 Å². The molecule has 0 bridgehead atoms. The zero-order valence-electron chi connectivity index (χ0n) is 9.65.